The van der Waals surface area contributed by atoms with Gasteiger partial charge in [-0.1, -0.05) is 6.92 Å². The molecule has 1 aliphatic heterocycles. The maximum Gasteiger partial charge on any atom is 0.274 e. The molecule has 1 rings (SSSR count). The van der Waals surface area contributed by atoms with Crippen LogP contribution in [-0.2, 0) is 10.2 Å². The summed E-state index contributed by atoms with van der Waals surface area (Å²) in [6, 6.07) is 0. The van der Waals surface area contributed by atoms with E-state index in [1.807, 2.05) is 0 Å². The molecule has 0 saturated carbocycles. The molecule has 0 aromatic rings. The molecule has 0 aromatic carbocycles. The van der Waals surface area contributed by atoms with Gasteiger partial charge in [-0.25, -0.2) is 9.86 Å². The summed E-state index contributed by atoms with van der Waals surface area (Å²) in [5.41, 5.74) is 0. The quantitative estimate of drug-likeness (QED) is 0.673. The predicted molar refractivity (Wildman–Crippen MR) is 55.9 cm³/mol. The van der Waals surface area contributed by atoms with Gasteiger partial charge in [-0.2, -0.15) is 8.42 Å². The van der Waals surface area contributed by atoms with Crippen molar-refractivity contribution < 1.29 is 8.42 Å². The van der Waals surface area contributed by atoms with Gasteiger partial charge in [0, 0.05) is 6.54 Å². The lowest BCUT2D eigenvalue weighted by atomic mass is 9.97. The molecular weight excluding hydrogens is 202 g/mol. The summed E-state index contributed by atoms with van der Waals surface area (Å²) in [7, 11) is -3.51. The molecule has 84 valence electrons. The molecule has 0 aliphatic carbocycles. The fraction of sp³-hybridized carbons (Fsp3) is 1.00. The zero-order valence-electron chi connectivity index (χ0n) is 8.57. The Labute approximate surface area is 85.8 Å². The summed E-state index contributed by atoms with van der Waals surface area (Å²) in [5.74, 6) is 0.441. The van der Waals surface area contributed by atoms with E-state index < -0.39 is 10.2 Å². The molecule has 0 radical (unpaired) electrons. The van der Waals surface area contributed by atoms with E-state index in [4.69, 9.17) is 5.14 Å². The Kier molecular flexibility index (Phi) is 4.31. The lowest BCUT2D eigenvalue weighted by Gasteiger charge is -2.30. The van der Waals surface area contributed by atoms with Crippen LogP contribution in [0.2, 0.25) is 0 Å². The Morgan fingerprint density at radius 3 is 2.43 bits per heavy atom. The molecule has 0 aromatic heterocycles. The van der Waals surface area contributed by atoms with E-state index in [1.54, 1.807) is 0 Å². The highest BCUT2D eigenvalue weighted by Gasteiger charge is 2.18. The monoisotopic (exact) mass is 221 g/mol. The van der Waals surface area contributed by atoms with Gasteiger partial charge in [0.25, 0.3) is 10.2 Å². The number of hydrogen-bond acceptors (Lipinski definition) is 3. The Balaban J connectivity index is 2.23. The van der Waals surface area contributed by atoms with Crippen molar-refractivity contribution >= 4 is 10.2 Å². The summed E-state index contributed by atoms with van der Waals surface area (Å²) in [6.45, 7) is 5.83. The summed E-state index contributed by atoms with van der Waals surface area (Å²) in [4.78, 5) is 2.37. The van der Waals surface area contributed by atoms with Gasteiger partial charge >= 0.3 is 0 Å². The standard InChI is InChI=1S/C8H19N3O2S/c1-2-11-5-3-8(4-6-11)7-10-14(9,12)13/h8,10H,2-7H2,1H3,(H2,9,12,13). The van der Waals surface area contributed by atoms with E-state index >= 15 is 0 Å². The van der Waals surface area contributed by atoms with E-state index in [2.05, 4.69) is 16.5 Å². The first kappa shape index (κ1) is 11.9. The second-order valence-corrected chi connectivity index (χ2v) is 5.15. The van der Waals surface area contributed by atoms with Gasteiger partial charge in [0.05, 0.1) is 0 Å². The van der Waals surface area contributed by atoms with Crippen molar-refractivity contribution in [2.45, 2.75) is 19.8 Å². The summed E-state index contributed by atoms with van der Waals surface area (Å²) in [5, 5.41) is 4.86. The molecule has 1 aliphatic rings. The minimum Gasteiger partial charge on any atom is -0.304 e. The molecule has 3 N–H and O–H groups in total. The van der Waals surface area contributed by atoms with Crippen molar-refractivity contribution in [2.24, 2.45) is 11.1 Å². The van der Waals surface area contributed by atoms with E-state index in [0.29, 0.717) is 12.5 Å². The average molecular weight is 221 g/mol. The molecule has 0 atom stereocenters. The molecule has 0 amide bonds. The fourth-order valence-corrected chi connectivity index (χ4v) is 2.21. The van der Waals surface area contributed by atoms with Crippen molar-refractivity contribution in [2.75, 3.05) is 26.2 Å². The molecule has 0 spiro atoms. The lowest BCUT2D eigenvalue weighted by molar-refractivity contribution is 0.194. The van der Waals surface area contributed by atoms with Gasteiger partial charge < -0.3 is 4.90 Å². The number of nitrogens with one attached hydrogen (secondary N) is 1. The van der Waals surface area contributed by atoms with Crippen LogP contribution in [0.4, 0.5) is 0 Å². The summed E-state index contributed by atoms with van der Waals surface area (Å²) < 4.78 is 23.7. The highest BCUT2D eigenvalue weighted by Crippen LogP contribution is 2.15. The summed E-state index contributed by atoms with van der Waals surface area (Å²) >= 11 is 0. The topological polar surface area (TPSA) is 75.4 Å². The van der Waals surface area contributed by atoms with Gasteiger partial charge in [0.2, 0.25) is 0 Å². The molecule has 6 heteroatoms. The molecule has 1 fully saturated rings. The molecule has 1 saturated heterocycles. The van der Waals surface area contributed by atoms with Crippen LogP contribution in [0.5, 0.6) is 0 Å². The smallest absolute Gasteiger partial charge is 0.274 e. The van der Waals surface area contributed by atoms with Crippen molar-refractivity contribution in [1.29, 1.82) is 0 Å². The third-order valence-electron chi connectivity index (χ3n) is 2.73. The highest BCUT2D eigenvalue weighted by molar-refractivity contribution is 7.87. The second-order valence-electron chi connectivity index (χ2n) is 3.77. The third-order valence-corrected chi connectivity index (χ3v) is 3.30. The molecular formula is C8H19N3O2S. The molecule has 1 heterocycles. The summed E-state index contributed by atoms with van der Waals surface area (Å²) in [6.07, 6.45) is 2.10. The van der Waals surface area contributed by atoms with E-state index in [0.717, 1.165) is 32.5 Å². The lowest BCUT2D eigenvalue weighted by Crippen LogP contribution is -2.40. The maximum atomic E-state index is 10.7. The third kappa shape index (κ3) is 4.36. The van der Waals surface area contributed by atoms with Crippen molar-refractivity contribution in [3.8, 4) is 0 Å². The number of rotatable bonds is 4. The minimum absolute atomic E-state index is 0.441. The zero-order valence-corrected chi connectivity index (χ0v) is 9.39. The normalized spacial score (nSPS) is 21.3. The second kappa shape index (κ2) is 5.06. The van der Waals surface area contributed by atoms with Crippen molar-refractivity contribution in [1.82, 2.24) is 9.62 Å². The van der Waals surface area contributed by atoms with Crippen LogP contribution in [0.1, 0.15) is 19.8 Å². The number of hydrogen-bond donors (Lipinski definition) is 2. The Hall–Kier alpha value is -0.170. The SMILES string of the molecule is CCN1CCC(CNS(N)(=O)=O)CC1. The Morgan fingerprint density at radius 2 is 2.00 bits per heavy atom. The van der Waals surface area contributed by atoms with Gasteiger partial charge in [0.1, 0.15) is 0 Å². The number of piperidine rings is 1. The van der Waals surface area contributed by atoms with Crippen LogP contribution in [0, 0.1) is 5.92 Å². The first-order valence-corrected chi connectivity index (χ1v) is 6.55. The molecule has 0 unspecified atom stereocenters. The van der Waals surface area contributed by atoms with Gasteiger partial charge in [-0.3, -0.25) is 0 Å². The van der Waals surface area contributed by atoms with E-state index in [9.17, 15) is 8.42 Å². The van der Waals surface area contributed by atoms with Crippen molar-refractivity contribution in [3.63, 3.8) is 0 Å². The average Bonchev–Trinajstić information content (AvgIpc) is 2.14. The van der Waals surface area contributed by atoms with Gasteiger partial charge in [-0.05, 0) is 38.4 Å². The van der Waals surface area contributed by atoms with Crippen LogP contribution in [0.25, 0.3) is 0 Å². The highest BCUT2D eigenvalue weighted by atomic mass is 32.2. The number of nitrogens with two attached hydrogens (primary N) is 1. The van der Waals surface area contributed by atoms with Crippen LogP contribution >= 0.6 is 0 Å². The van der Waals surface area contributed by atoms with Crippen LogP contribution in [-0.4, -0.2) is 39.5 Å². The van der Waals surface area contributed by atoms with Gasteiger partial charge in [0.15, 0.2) is 0 Å². The molecule has 5 nitrogen and oxygen atoms in total. The Morgan fingerprint density at radius 1 is 1.43 bits per heavy atom. The zero-order chi connectivity index (χ0) is 10.6. The van der Waals surface area contributed by atoms with Crippen LogP contribution in [0.15, 0.2) is 0 Å². The first-order chi connectivity index (χ1) is 6.51. The predicted octanol–water partition coefficient (Wildman–Crippen LogP) is -0.489. The Bertz CT molecular complexity index is 258. The first-order valence-electron chi connectivity index (χ1n) is 5.01. The number of nitrogens with zero attached hydrogens (tertiary/aromatic N) is 1. The van der Waals surface area contributed by atoms with Crippen LogP contribution < -0.4 is 9.86 Å². The van der Waals surface area contributed by atoms with E-state index in [1.165, 1.54) is 0 Å². The maximum absolute atomic E-state index is 10.7. The minimum atomic E-state index is -3.51. The van der Waals surface area contributed by atoms with Crippen LogP contribution in [0.3, 0.4) is 0 Å². The molecule has 0 bridgehead atoms. The molecule has 14 heavy (non-hydrogen) atoms. The van der Waals surface area contributed by atoms with Crippen molar-refractivity contribution in [3.05, 3.63) is 0 Å². The van der Waals surface area contributed by atoms with E-state index in [-0.39, 0.29) is 0 Å². The fourth-order valence-electron chi connectivity index (χ4n) is 1.74. The largest absolute Gasteiger partial charge is 0.304 e. The number of likely N-dealkylation sites (tertiary alicyclic amines) is 1. The van der Waals surface area contributed by atoms with Gasteiger partial charge in [-0.15, -0.1) is 0 Å².